The molecule has 0 radical (unpaired) electrons. The van der Waals surface area contributed by atoms with E-state index in [1.807, 2.05) is 19.1 Å². The van der Waals surface area contributed by atoms with Crippen LogP contribution in [0.2, 0.25) is 0 Å². The van der Waals surface area contributed by atoms with E-state index >= 15 is 0 Å². The van der Waals surface area contributed by atoms with Gasteiger partial charge < -0.3 is 5.73 Å². The molecule has 0 heterocycles. The third-order valence-electron chi connectivity index (χ3n) is 2.08. The summed E-state index contributed by atoms with van der Waals surface area (Å²) < 4.78 is 0. The van der Waals surface area contributed by atoms with Gasteiger partial charge >= 0.3 is 0 Å². The molecule has 1 aromatic rings. The van der Waals surface area contributed by atoms with Gasteiger partial charge in [-0.15, -0.1) is 0 Å². The van der Waals surface area contributed by atoms with Crippen LogP contribution in [0.3, 0.4) is 0 Å². The molecule has 0 aliphatic rings. The van der Waals surface area contributed by atoms with Crippen LogP contribution in [0.15, 0.2) is 18.2 Å². The lowest BCUT2D eigenvalue weighted by molar-refractivity contribution is 0.112. The number of aldehydes is 1. The maximum atomic E-state index is 10.7. The molecule has 1 rings (SSSR count). The molecule has 0 spiro atoms. The summed E-state index contributed by atoms with van der Waals surface area (Å²) in [5.41, 5.74) is 8.51. The van der Waals surface area contributed by atoms with E-state index in [9.17, 15) is 4.79 Å². The van der Waals surface area contributed by atoms with Gasteiger partial charge in [0.25, 0.3) is 0 Å². The van der Waals surface area contributed by atoms with Crippen LogP contribution in [0.4, 0.5) is 0 Å². The van der Waals surface area contributed by atoms with Crippen LogP contribution in [-0.2, 0) is 6.42 Å². The first kappa shape index (κ1) is 9.93. The lowest BCUT2D eigenvalue weighted by atomic mass is 10.0. The molecule has 2 nitrogen and oxygen atoms in total. The molecular formula is C11H15NO. The highest BCUT2D eigenvalue weighted by Gasteiger charge is 2.00. The van der Waals surface area contributed by atoms with Crippen LogP contribution >= 0.6 is 0 Å². The molecule has 0 amide bonds. The summed E-state index contributed by atoms with van der Waals surface area (Å²) in [4.78, 5) is 10.7. The fourth-order valence-electron chi connectivity index (χ4n) is 1.36. The van der Waals surface area contributed by atoms with Crippen molar-refractivity contribution in [2.45, 2.75) is 19.8 Å². The van der Waals surface area contributed by atoms with Crippen LogP contribution < -0.4 is 5.73 Å². The molecule has 13 heavy (non-hydrogen) atoms. The second-order valence-corrected chi connectivity index (χ2v) is 3.21. The Balaban J connectivity index is 2.87. The predicted molar refractivity (Wildman–Crippen MR) is 53.9 cm³/mol. The van der Waals surface area contributed by atoms with Gasteiger partial charge in [-0.05, 0) is 31.9 Å². The third kappa shape index (κ3) is 2.67. The molecular weight excluding hydrogens is 162 g/mol. The van der Waals surface area contributed by atoms with Crippen molar-refractivity contribution in [1.29, 1.82) is 0 Å². The normalized spacial score (nSPS) is 10.0. The van der Waals surface area contributed by atoms with E-state index < -0.39 is 0 Å². The van der Waals surface area contributed by atoms with Gasteiger partial charge in [-0.25, -0.2) is 0 Å². The number of nitrogens with two attached hydrogens (primary N) is 1. The fourth-order valence-corrected chi connectivity index (χ4v) is 1.36. The second kappa shape index (κ2) is 4.77. The van der Waals surface area contributed by atoms with Gasteiger partial charge in [0.1, 0.15) is 6.29 Å². The molecule has 0 saturated heterocycles. The topological polar surface area (TPSA) is 43.1 Å². The predicted octanol–water partition coefficient (Wildman–Crippen LogP) is 1.70. The van der Waals surface area contributed by atoms with E-state index in [4.69, 9.17) is 5.73 Å². The van der Waals surface area contributed by atoms with Crippen LogP contribution in [0, 0.1) is 6.92 Å². The van der Waals surface area contributed by atoms with Crippen molar-refractivity contribution in [2.24, 2.45) is 5.73 Å². The first-order valence-corrected chi connectivity index (χ1v) is 4.52. The number of hydrogen-bond acceptors (Lipinski definition) is 2. The van der Waals surface area contributed by atoms with Crippen molar-refractivity contribution >= 4 is 6.29 Å². The molecule has 0 bridgehead atoms. The summed E-state index contributed by atoms with van der Waals surface area (Å²) in [6, 6.07) is 5.88. The number of carbonyl (C=O) groups excluding carboxylic acids is 1. The third-order valence-corrected chi connectivity index (χ3v) is 2.08. The molecule has 0 fully saturated rings. The van der Waals surface area contributed by atoms with Gasteiger partial charge in [-0.3, -0.25) is 4.79 Å². The summed E-state index contributed by atoms with van der Waals surface area (Å²) in [5.74, 6) is 0. The summed E-state index contributed by atoms with van der Waals surface area (Å²) in [6.45, 7) is 2.70. The smallest absolute Gasteiger partial charge is 0.150 e. The molecule has 70 valence electrons. The van der Waals surface area contributed by atoms with Crippen LogP contribution in [0.25, 0.3) is 0 Å². The lowest BCUT2D eigenvalue weighted by Crippen LogP contribution is -2.02. The zero-order valence-electron chi connectivity index (χ0n) is 7.92. The summed E-state index contributed by atoms with van der Waals surface area (Å²) >= 11 is 0. The zero-order valence-corrected chi connectivity index (χ0v) is 7.92. The Hall–Kier alpha value is -1.15. The highest BCUT2D eigenvalue weighted by Crippen LogP contribution is 2.11. The van der Waals surface area contributed by atoms with E-state index in [0.29, 0.717) is 6.54 Å². The number of rotatable bonds is 4. The SMILES string of the molecule is Cc1ccc(C=O)c(CCCN)c1. The highest BCUT2D eigenvalue weighted by molar-refractivity contribution is 5.77. The first-order valence-electron chi connectivity index (χ1n) is 4.52. The number of benzene rings is 1. The number of aryl methyl sites for hydroxylation is 2. The molecule has 0 atom stereocenters. The Morgan fingerprint density at radius 2 is 2.23 bits per heavy atom. The molecule has 0 aliphatic heterocycles. The van der Waals surface area contributed by atoms with Crippen LogP contribution in [0.1, 0.15) is 27.9 Å². The summed E-state index contributed by atoms with van der Waals surface area (Å²) in [6.07, 6.45) is 2.74. The van der Waals surface area contributed by atoms with Gasteiger partial charge in [0.15, 0.2) is 0 Å². The standard InChI is InChI=1S/C11H15NO/c1-9-4-5-11(8-13)10(7-9)3-2-6-12/h4-5,7-8H,2-3,6,12H2,1H3. The van der Waals surface area contributed by atoms with Gasteiger partial charge in [-0.2, -0.15) is 0 Å². The van der Waals surface area contributed by atoms with Crippen molar-refractivity contribution in [2.75, 3.05) is 6.54 Å². The minimum Gasteiger partial charge on any atom is -0.330 e. The summed E-state index contributed by atoms with van der Waals surface area (Å²) in [7, 11) is 0. The largest absolute Gasteiger partial charge is 0.330 e. The van der Waals surface area contributed by atoms with Gasteiger partial charge in [0, 0.05) is 5.56 Å². The van der Waals surface area contributed by atoms with E-state index in [2.05, 4.69) is 6.07 Å². The van der Waals surface area contributed by atoms with Crippen molar-refractivity contribution < 1.29 is 4.79 Å². The zero-order chi connectivity index (χ0) is 9.68. The average molecular weight is 177 g/mol. The second-order valence-electron chi connectivity index (χ2n) is 3.21. The fraction of sp³-hybridized carbons (Fsp3) is 0.364. The lowest BCUT2D eigenvalue weighted by Gasteiger charge is -2.04. The molecule has 2 N–H and O–H groups in total. The van der Waals surface area contributed by atoms with Crippen LogP contribution in [0.5, 0.6) is 0 Å². The Morgan fingerprint density at radius 3 is 2.85 bits per heavy atom. The van der Waals surface area contributed by atoms with Gasteiger partial charge in [-0.1, -0.05) is 23.8 Å². The molecule has 0 saturated carbocycles. The molecule has 2 heteroatoms. The monoisotopic (exact) mass is 177 g/mol. The van der Waals surface area contributed by atoms with Crippen molar-refractivity contribution in [1.82, 2.24) is 0 Å². The molecule has 1 aromatic carbocycles. The summed E-state index contributed by atoms with van der Waals surface area (Å²) in [5, 5.41) is 0. The van der Waals surface area contributed by atoms with Crippen molar-refractivity contribution in [3.8, 4) is 0 Å². The van der Waals surface area contributed by atoms with E-state index in [1.165, 1.54) is 5.56 Å². The highest BCUT2D eigenvalue weighted by atomic mass is 16.1. The Morgan fingerprint density at radius 1 is 1.46 bits per heavy atom. The molecule has 0 aliphatic carbocycles. The van der Waals surface area contributed by atoms with Crippen molar-refractivity contribution in [3.05, 3.63) is 34.9 Å². The Kier molecular flexibility index (Phi) is 3.65. The maximum Gasteiger partial charge on any atom is 0.150 e. The average Bonchev–Trinajstić information content (AvgIpc) is 2.15. The minimum absolute atomic E-state index is 0.673. The van der Waals surface area contributed by atoms with E-state index in [1.54, 1.807) is 0 Å². The van der Waals surface area contributed by atoms with Gasteiger partial charge in [0.05, 0.1) is 0 Å². The molecule has 0 aromatic heterocycles. The number of carbonyl (C=O) groups is 1. The van der Waals surface area contributed by atoms with Crippen molar-refractivity contribution in [3.63, 3.8) is 0 Å². The maximum absolute atomic E-state index is 10.7. The van der Waals surface area contributed by atoms with E-state index in [0.717, 1.165) is 30.3 Å². The first-order chi connectivity index (χ1) is 6.27. The van der Waals surface area contributed by atoms with Crippen LogP contribution in [-0.4, -0.2) is 12.8 Å². The van der Waals surface area contributed by atoms with Gasteiger partial charge in [0.2, 0.25) is 0 Å². The molecule has 0 unspecified atom stereocenters. The Bertz CT molecular complexity index is 294. The number of hydrogen-bond donors (Lipinski definition) is 1. The minimum atomic E-state index is 0.673. The quantitative estimate of drug-likeness (QED) is 0.711. The Labute approximate surface area is 78.8 Å². The van der Waals surface area contributed by atoms with E-state index in [-0.39, 0.29) is 0 Å².